The van der Waals surface area contributed by atoms with Gasteiger partial charge in [0.2, 0.25) is 5.95 Å². The third-order valence-corrected chi connectivity index (χ3v) is 6.20. The normalized spacial score (nSPS) is 17.7. The molecule has 4 rings (SSSR count). The van der Waals surface area contributed by atoms with E-state index in [-0.39, 0.29) is 11.9 Å². The molecule has 3 aromatic rings. The van der Waals surface area contributed by atoms with Gasteiger partial charge in [-0.2, -0.15) is 0 Å². The Hall–Kier alpha value is -2.65. The highest BCUT2D eigenvalue weighted by Crippen LogP contribution is 2.29. The second-order valence-corrected chi connectivity index (χ2v) is 8.55. The lowest BCUT2D eigenvalue weighted by molar-refractivity contribution is 0.0786. The zero-order valence-corrected chi connectivity index (χ0v) is 17.4. The maximum atomic E-state index is 13.5. The molecular formula is C20H23FN6OS. The van der Waals surface area contributed by atoms with E-state index >= 15 is 0 Å². The third-order valence-electron chi connectivity index (χ3n) is 5.15. The predicted molar refractivity (Wildman–Crippen MR) is 112 cm³/mol. The summed E-state index contributed by atoms with van der Waals surface area (Å²) in [6.07, 6.45) is 3.69. The van der Waals surface area contributed by atoms with Crippen LogP contribution in [0.15, 0.2) is 24.5 Å². The number of carbonyl (C=O) groups excluding carboxylic acids is 1. The number of halogens is 1. The fraction of sp³-hybridized carbons (Fsp3) is 0.400. The van der Waals surface area contributed by atoms with E-state index in [0.29, 0.717) is 36.3 Å². The van der Waals surface area contributed by atoms with Crippen LogP contribution in [0.4, 0.5) is 10.3 Å². The number of likely N-dealkylation sites (N-methyl/N-ethyl adjacent to an activating group) is 1. The van der Waals surface area contributed by atoms with Crippen LogP contribution < -0.4 is 10.6 Å². The number of rotatable bonds is 5. The molecule has 7 nitrogen and oxygen atoms in total. The lowest BCUT2D eigenvalue weighted by Gasteiger charge is -2.18. The largest absolute Gasteiger partial charge is 0.348 e. The molecule has 0 spiro atoms. The highest BCUT2D eigenvalue weighted by Gasteiger charge is 2.29. The number of fused-ring (bicyclic) bond motifs is 1. The maximum Gasteiger partial charge on any atom is 0.274 e. The van der Waals surface area contributed by atoms with Crippen molar-refractivity contribution in [1.82, 2.24) is 25.2 Å². The van der Waals surface area contributed by atoms with Gasteiger partial charge in [-0.3, -0.25) is 9.78 Å². The summed E-state index contributed by atoms with van der Waals surface area (Å²) in [4.78, 5) is 29.1. The Labute approximate surface area is 172 Å². The molecule has 2 unspecified atom stereocenters. The van der Waals surface area contributed by atoms with Crippen LogP contribution in [0.3, 0.4) is 0 Å². The third kappa shape index (κ3) is 4.06. The topological polar surface area (TPSA) is 83.0 Å². The Morgan fingerprint density at radius 3 is 2.90 bits per heavy atom. The number of anilines is 1. The number of hydrogen-bond donors (Lipinski definition) is 2. The van der Waals surface area contributed by atoms with Crippen molar-refractivity contribution in [1.29, 1.82) is 0 Å². The molecule has 3 aromatic heterocycles. The molecule has 1 fully saturated rings. The molecule has 0 aromatic carbocycles. The Kier molecular flexibility index (Phi) is 5.42. The molecule has 2 atom stereocenters. The van der Waals surface area contributed by atoms with E-state index in [1.54, 1.807) is 6.20 Å². The zero-order valence-electron chi connectivity index (χ0n) is 16.6. The van der Waals surface area contributed by atoms with Gasteiger partial charge in [-0.1, -0.05) is 0 Å². The first-order chi connectivity index (χ1) is 13.9. The molecule has 4 heterocycles. The second kappa shape index (κ2) is 8.00. The number of nitrogens with one attached hydrogen (secondary N) is 2. The summed E-state index contributed by atoms with van der Waals surface area (Å²) in [5, 5.41) is 6.41. The van der Waals surface area contributed by atoms with Crippen LogP contribution in [0.1, 0.15) is 40.3 Å². The van der Waals surface area contributed by atoms with Crippen molar-refractivity contribution in [2.24, 2.45) is 0 Å². The lowest BCUT2D eigenvalue weighted by atomic mass is 10.1. The van der Waals surface area contributed by atoms with Crippen LogP contribution in [0.5, 0.6) is 0 Å². The number of likely N-dealkylation sites (tertiary alicyclic amines) is 1. The van der Waals surface area contributed by atoms with E-state index in [0.717, 1.165) is 27.7 Å². The van der Waals surface area contributed by atoms with Crippen LogP contribution >= 0.6 is 11.3 Å². The van der Waals surface area contributed by atoms with Gasteiger partial charge < -0.3 is 15.5 Å². The molecule has 152 valence electrons. The molecule has 9 heteroatoms. The molecule has 1 aliphatic rings. The van der Waals surface area contributed by atoms with E-state index < -0.39 is 5.82 Å². The minimum absolute atomic E-state index is 0.0832. The van der Waals surface area contributed by atoms with Gasteiger partial charge in [-0.05, 0) is 45.0 Å². The Morgan fingerprint density at radius 2 is 2.17 bits per heavy atom. The first-order valence-electron chi connectivity index (χ1n) is 9.56. The summed E-state index contributed by atoms with van der Waals surface area (Å²) < 4.78 is 14.3. The maximum absolute atomic E-state index is 13.5. The SMILES string of the molecule is CNC1CCN(C(=O)c2nc(NC(C)c3cncc(F)c3)nc3cc(C)sc23)C1. The number of nitrogens with zero attached hydrogens (tertiary/aromatic N) is 4. The van der Waals surface area contributed by atoms with Crippen molar-refractivity contribution in [2.45, 2.75) is 32.4 Å². The van der Waals surface area contributed by atoms with Crippen LogP contribution in [0.25, 0.3) is 10.2 Å². The summed E-state index contributed by atoms with van der Waals surface area (Å²) in [7, 11) is 1.91. The molecular weight excluding hydrogens is 391 g/mol. The van der Waals surface area contributed by atoms with Gasteiger partial charge in [0.05, 0.1) is 22.5 Å². The molecule has 1 saturated heterocycles. The first-order valence-corrected chi connectivity index (χ1v) is 10.4. The number of amides is 1. The molecule has 1 aliphatic heterocycles. The first kappa shape index (κ1) is 19.7. The molecule has 1 amide bonds. The zero-order chi connectivity index (χ0) is 20.5. The minimum Gasteiger partial charge on any atom is -0.348 e. The Bertz CT molecular complexity index is 1050. The van der Waals surface area contributed by atoms with Gasteiger partial charge in [0.25, 0.3) is 5.91 Å². The summed E-state index contributed by atoms with van der Waals surface area (Å²) in [6, 6.07) is 3.42. The molecule has 2 N–H and O–H groups in total. The van der Waals surface area contributed by atoms with Crippen LogP contribution in [-0.2, 0) is 0 Å². The van der Waals surface area contributed by atoms with Crippen LogP contribution in [0, 0.1) is 12.7 Å². The molecule has 0 radical (unpaired) electrons. The predicted octanol–water partition coefficient (Wildman–Crippen LogP) is 3.14. The van der Waals surface area contributed by atoms with E-state index in [1.165, 1.54) is 17.4 Å². The molecule has 0 bridgehead atoms. The fourth-order valence-corrected chi connectivity index (χ4v) is 4.46. The number of pyridine rings is 1. The van der Waals surface area contributed by atoms with Gasteiger partial charge >= 0.3 is 0 Å². The van der Waals surface area contributed by atoms with Crippen molar-refractivity contribution < 1.29 is 9.18 Å². The fourth-order valence-electron chi connectivity index (χ4n) is 3.53. The quantitative estimate of drug-likeness (QED) is 0.667. The molecule has 0 aliphatic carbocycles. The van der Waals surface area contributed by atoms with Crippen molar-refractivity contribution in [3.8, 4) is 0 Å². The average Bonchev–Trinajstić information content (AvgIpc) is 3.32. The summed E-state index contributed by atoms with van der Waals surface area (Å²) >= 11 is 1.52. The van der Waals surface area contributed by atoms with Gasteiger partial charge in [0, 0.05) is 30.2 Å². The van der Waals surface area contributed by atoms with Gasteiger partial charge in [-0.15, -0.1) is 11.3 Å². The van der Waals surface area contributed by atoms with Crippen LogP contribution in [-0.4, -0.2) is 51.9 Å². The van der Waals surface area contributed by atoms with Gasteiger partial charge in [0.15, 0.2) is 5.69 Å². The lowest BCUT2D eigenvalue weighted by Crippen LogP contribution is -2.34. The van der Waals surface area contributed by atoms with Crippen molar-refractivity contribution in [2.75, 3.05) is 25.5 Å². The standard InChI is InChI=1S/C20H23FN6OS/c1-11-6-16-18(29-11)17(19(28)27-5-4-15(10-27)22-3)26-20(25-16)24-12(2)13-7-14(21)9-23-8-13/h6-9,12,15,22H,4-5,10H2,1-3H3,(H,24,25,26). The average molecular weight is 415 g/mol. The molecule has 29 heavy (non-hydrogen) atoms. The van der Waals surface area contributed by atoms with E-state index in [1.807, 2.05) is 31.9 Å². The second-order valence-electron chi connectivity index (χ2n) is 7.30. The number of aryl methyl sites for hydroxylation is 1. The summed E-state index contributed by atoms with van der Waals surface area (Å²) in [5.41, 5.74) is 1.83. The highest BCUT2D eigenvalue weighted by molar-refractivity contribution is 7.19. The Balaban J connectivity index is 1.66. The van der Waals surface area contributed by atoms with E-state index in [4.69, 9.17) is 0 Å². The number of carbonyl (C=O) groups is 1. The Morgan fingerprint density at radius 1 is 1.34 bits per heavy atom. The number of aromatic nitrogens is 3. The smallest absolute Gasteiger partial charge is 0.274 e. The van der Waals surface area contributed by atoms with Gasteiger partial charge in [-0.25, -0.2) is 14.4 Å². The summed E-state index contributed by atoms with van der Waals surface area (Å²) in [5.74, 6) is -0.134. The summed E-state index contributed by atoms with van der Waals surface area (Å²) in [6.45, 7) is 5.23. The van der Waals surface area contributed by atoms with E-state index in [2.05, 4.69) is 25.6 Å². The van der Waals surface area contributed by atoms with Gasteiger partial charge in [0.1, 0.15) is 5.82 Å². The number of thiophene rings is 1. The number of hydrogen-bond acceptors (Lipinski definition) is 7. The van der Waals surface area contributed by atoms with Crippen molar-refractivity contribution >= 4 is 33.4 Å². The highest BCUT2D eigenvalue weighted by atomic mass is 32.1. The molecule has 0 saturated carbocycles. The van der Waals surface area contributed by atoms with Crippen molar-refractivity contribution in [3.63, 3.8) is 0 Å². The minimum atomic E-state index is -0.398. The van der Waals surface area contributed by atoms with E-state index in [9.17, 15) is 9.18 Å². The monoisotopic (exact) mass is 414 g/mol. The van der Waals surface area contributed by atoms with Crippen LogP contribution in [0.2, 0.25) is 0 Å². The van der Waals surface area contributed by atoms with Crippen molar-refractivity contribution in [3.05, 3.63) is 46.5 Å².